The van der Waals surface area contributed by atoms with Gasteiger partial charge >= 0.3 is 6.18 Å². The molecule has 2 aromatic rings. The van der Waals surface area contributed by atoms with Crippen LogP contribution in [0.25, 0.3) is 0 Å². The molecule has 0 saturated heterocycles. The molecule has 0 spiro atoms. The summed E-state index contributed by atoms with van der Waals surface area (Å²) in [6, 6.07) is 5.64. The molecule has 2 rings (SSSR count). The van der Waals surface area contributed by atoms with Gasteiger partial charge in [-0.15, -0.1) is 0 Å². The van der Waals surface area contributed by atoms with Gasteiger partial charge in [0, 0.05) is 12.7 Å². The summed E-state index contributed by atoms with van der Waals surface area (Å²) in [4.78, 5) is 17.3. The number of rotatable bonds is 3. The summed E-state index contributed by atoms with van der Waals surface area (Å²) in [5.41, 5.74) is -0.783. The average Bonchev–Trinajstić information content (AvgIpc) is 2.79. The number of amides is 1. The second kappa shape index (κ2) is 5.96. The molecule has 0 saturated carbocycles. The third kappa shape index (κ3) is 3.56. The first-order chi connectivity index (χ1) is 10.2. The van der Waals surface area contributed by atoms with E-state index in [0.29, 0.717) is 5.82 Å². The lowest BCUT2D eigenvalue weighted by Gasteiger charge is -2.16. The number of anilines is 1. The summed E-state index contributed by atoms with van der Waals surface area (Å²) in [5.74, 6) is -0.159. The maximum atomic E-state index is 12.6. The van der Waals surface area contributed by atoms with Gasteiger partial charge in [0.1, 0.15) is 17.5 Å². The van der Waals surface area contributed by atoms with E-state index < -0.39 is 17.8 Å². The second-order valence-corrected chi connectivity index (χ2v) is 4.98. The van der Waals surface area contributed by atoms with Gasteiger partial charge in [-0.2, -0.15) is 18.3 Å². The minimum absolute atomic E-state index is 0.215. The Balaban J connectivity index is 2.17. The molecule has 0 bridgehead atoms. The lowest BCUT2D eigenvalue weighted by Crippen LogP contribution is -2.31. The topological polar surface area (TPSA) is 51.0 Å². The van der Waals surface area contributed by atoms with E-state index in [-0.39, 0.29) is 17.4 Å². The highest BCUT2D eigenvalue weighted by atomic mass is 35.5. The third-order valence-electron chi connectivity index (χ3n) is 2.97. The molecule has 5 nitrogen and oxygen atoms in total. The van der Waals surface area contributed by atoms with Crippen molar-refractivity contribution < 1.29 is 18.0 Å². The van der Waals surface area contributed by atoms with Crippen LogP contribution in [0.3, 0.4) is 0 Å². The zero-order valence-corrected chi connectivity index (χ0v) is 12.5. The minimum Gasteiger partial charge on any atom is -0.298 e. The highest BCUT2D eigenvalue weighted by molar-refractivity contribution is 6.29. The number of nitrogens with zero attached hydrogens (tertiary/aromatic N) is 4. The Labute approximate surface area is 129 Å². The van der Waals surface area contributed by atoms with E-state index >= 15 is 0 Å². The fourth-order valence-electron chi connectivity index (χ4n) is 1.76. The van der Waals surface area contributed by atoms with Gasteiger partial charge in [-0.1, -0.05) is 17.7 Å². The molecule has 118 valence electrons. The Hall–Kier alpha value is -2.09. The molecule has 22 heavy (non-hydrogen) atoms. The number of hydrogen-bond acceptors (Lipinski definition) is 3. The van der Waals surface area contributed by atoms with Gasteiger partial charge in [0.2, 0.25) is 5.91 Å². The number of carbonyl (C=O) groups is 1. The standard InChI is InChI=1S/C13H12ClF3N4O/c1-8-6-9(13(15,16)17)19-21(8)7-12(22)20(2)11-5-3-4-10(14)18-11/h3-6H,7H2,1-2H3. The van der Waals surface area contributed by atoms with E-state index in [9.17, 15) is 18.0 Å². The first-order valence-corrected chi connectivity index (χ1v) is 6.57. The van der Waals surface area contributed by atoms with Gasteiger partial charge in [0.25, 0.3) is 0 Å². The molecule has 0 unspecified atom stereocenters. The Morgan fingerprint density at radius 2 is 2.09 bits per heavy atom. The number of likely N-dealkylation sites (N-methyl/N-ethyl adjacent to an activating group) is 1. The Morgan fingerprint density at radius 1 is 1.41 bits per heavy atom. The molecule has 0 atom stereocenters. The fraction of sp³-hybridized carbons (Fsp3) is 0.308. The van der Waals surface area contributed by atoms with E-state index in [1.54, 1.807) is 18.2 Å². The summed E-state index contributed by atoms with van der Waals surface area (Å²) in [6.07, 6.45) is -4.54. The Morgan fingerprint density at radius 3 is 2.64 bits per heavy atom. The van der Waals surface area contributed by atoms with Crippen LogP contribution in [0.1, 0.15) is 11.4 Å². The van der Waals surface area contributed by atoms with Crippen molar-refractivity contribution in [2.24, 2.45) is 0 Å². The van der Waals surface area contributed by atoms with Crippen molar-refractivity contribution in [3.05, 3.63) is 40.8 Å². The lowest BCUT2D eigenvalue weighted by molar-refractivity contribution is -0.141. The van der Waals surface area contributed by atoms with Gasteiger partial charge in [-0.3, -0.25) is 14.4 Å². The maximum Gasteiger partial charge on any atom is 0.435 e. The largest absolute Gasteiger partial charge is 0.435 e. The first kappa shape index (κ1) is 16.3. The number of hydrogen-bond donors (Lipinski definition) is 0. The van der Waals surface area contributed by atoms with E-state index in [1.165, 1.54) is 18.9 Å². The quantitative estimate of drug-likeness (QED) is 0.812. The molecule has 0 aliphatic rings. The monoisotopic (exact) mass is 332 g/mol. The van der Waals surface area contributed by atoms with Crippen LogP contribution in [0.2, 0.25) is 5.15 Å². The molecular formula is C13H12ClF3N4O. The molecule has 0 aliphatic heterocycles. The van der Waals surface area contributed by atoms with Crippen LogP contribution in [0.5, 0.6) is 0 Å². The smallest absolute Gasteiger partial charge is 0.298 e. The summed E-state index contributed by atoms with van der Waals surface area (Å²) < 4.78 is 38.8. The normalized spacial score (nSPS) is 11.5. The lowest BCUT2D eigenvalue weighted by atomic mass is 10.3. The fourth-order valence-corrected chi connectivity index (χ4v) is 1.91. The summed E-state index contributed by atoms with van der Waals surface area (Å²) in [7, 11) is 1.46. The Kier molecular flexibility index (Phi) is 4.41. The van der Waals surface area contributed by atoms with Crippen LogP contribution in [0.4, 0.5) is 19.0 Å². The number of alkyl halides is 3. The SMILES string of the molecule is Cc1cc(C(F)(F)F)nn1CC(=O)N(C)c1cccc(Cl)n1. The van der Waals surface area contributed by atoms with Crippen LogP contribution in [-0.2, 0) is 17.5 Å². The zero-order valence-electron chi connectivity index (χ0n) is 11.7. The van der Waals surface area contributed by atoms with Crippen molar-refractivity contribution in [3.8, 4) is 0 Å². The molecule has 0 fully saturated rings. The number of carbonyl (C=O) groups excluding carboxylic acids is 1. The highest BCUT2D eigenvalue weighted by Crippen LogP contribution is 2.28. The van der Waals surface area contributed by atoms with Crippen LogP contribution in [0.15, 0.2) is 24.3 Å². The van der Waals surface area contributed by atoms with E-state index in [0.717, 1.165) is 10.7 Å². The third-order valence-corrected chi connectivity index (χ3v) is 3.19. The summed E-state index contributed by atoms with van der Waals surface area (Å²) in [6.45, 7) is 1.12. The van der Waals surface area contributed by atoms with Crippen molar-refractivity contribution in [1.82, 2.24) is 14.8 Å². The predicted octanol–water partition coefficient (Wildman–Crippen LogP) is 2.92. The average molecular weight is 333 g/mol. The Bertz CT molecular complexity index is 699. The van der Waals surface area contributed by atoms with Crippen molar-refractivity contribution in [2.45, 2.75) is 19.6 Å². The molecule has 0 aliphatic carbocycles. The van der Waals surface area contributed by atoms with Gasteiger partial charge in [0.15, 0.2) is 5.69 Å². The molecule has 1 amide bonds. The maximum absolute atomic E-state index is 12.6. The van der Waals surface area contributed by atoms with Crippen molar-refractivity contribution in [2.75, 3.05) is 11.9 Å². The first-order valence-electron chi connectivity index (χ1n) is 6.19. The van der Waals surface area contributed by atoms with Gasteiger partial charge in [-0.05, 0) is 25.1 Å². The van der Waals surface area contributed by atoms with E-state index in [2.05, 4.69) is 10.1 Å². The number of halogens is 4. The van der Waals surface area contributed by atoms with E-state index in [1.807, 2.05) is 0 Å². The highest BCUT2D eigenvalue weighted by Gasteiger charge is 2.34. The van der Waals surface area contributed by atoms with Crippen LogP contribution >= 0.6 is 11.6 Å². The zero-order chi connectivity index (χ0) is 16.5. The van der Waals surface area contributed by atoms with Gasteiger partial charge in [0.05, 0.1) is 0 Å². The molecule has 9 heteroatoms. The molecule has 2 aromatic heterocycles. The summed E-state index contributed by atoms with van der Waals surface area (Å²) in [5, 5.41) is 3.63. The predicted molar refractivity (Wildman–Crippen MR) is 74.6 cm³/mol. The number of pyridine rings is 1. The van der Waals surface area contributed by atoms with Crippen molar-refractivity contribution in [1.29, 1.82) is 0 Å². The summed E-state index contributed by atoms with van der Waals surface area (Å²) >= 11 is 5.74. The second-order valence-electron chi connectivity index (χ2n) is 4.60. The minimum atomic E-state index is -4.54. The van der Waals surface area contributed by atoms with Crippen LogP contribution in [-0.4, -0.2) is 27.7 Å². The van der Waals surface area contributed by atoms with Crippen LogP contribution in [0, 0.1) is 6.92 Å². The van der Waals surface area contributed by atoms with Crippen LogP contribution < -0.4 is 4.90 Å². The van der Waals surface area contributed by atoms with E-state index in [4.69, 9.17) is 11.6 Å². The number of aromatic nitrogens is 3. The molecular weight excluding hydrogens is 321 g/mol. The molecule has 0 N–H and O–H groups in total. The molecule has 2 heterocycles. The van der Waals surface area contributed by atoms with Gasteiger partial charge < -0.3 is 0 Å². The molecule has 0 aromatic carbocycles. The number of aryl methyl sites for hydroxylation is 1. The van der Waals surface area contributed by atoms with Gasteiger partial charge in [-0.25, -0.2) is 4.98 Å². The van der Waals surface area contributed by atoms with Crippen molar-refractivity contribution >= 4 is 23.3 Å². The molecule has 0 radical (unpaired) electrons. The van der Waals surface area contributed by atoms with Crippen molar-refractivity contribution in [3.63, 3.8) is 0 Å².